The zero-order valence-corrected chi connectivity index (χ0v) is 25.6. The molecule has 0 aliphatic heterocycles. The first-order chi connectivity index (χ1) is 20.9. The first-order valence-corrected chi connectivity index (χ1v) is 14.0. The average Bonchev–Trinajstić information content (AvgIpc) is 2.95. The number of hydrogen-bond donors (Lipinski definition) is 0. The van der Waals surface area contributed by atoms with E-state index in [1.165, 1.54) is 26.0 Å². The number of aryl methyl sites for hydroxylation is 4. The largest absolute Gasteiger partial charge is 0.457 e. The molecule has 0 aliphatic carbocycles. The fraction of sp³-hybridized carbons (Fsp3) is 0.222. The molecule has 0 radical (unpaired) electrons. The van der Waals surface area contributed by atoms with Crippen molar-refractivity contribution >= 4 is 23.9 Å². The number of benzene rings is 4. The minimum absolute atomic E-state index is 0.00517. The highest BCUT2D eigenvalue weighted by molar-refractivity contribution is 6.05. The second-order valence-electron chi connectivity index (χ2n) is 10.6. The smallest absolute Gasteiger partial charge is 0.339 e. The van der Waals surface area contributed by atoms with E-state index in [0.29, 0.717) is 22.3 Å². The molecule has 0 amide bonds. The summed E-state index contributed by atoms with van der Waals surface area (Å²) in [7, 11) is 0. The quantitative estimate of drug-likeness (QED) is 0.149. The van der Waals surface area contributed by atoms with Crippen molar-refractivity contribution in [2.75, 3.05) is 0 Å². The van der Waals surface area contributed by atoms with E-state index in [0.717, 1.165) is 22.3 Å². The molecule has 0 aromatic heterocycles. The van der Waals surface area contributed by atoms with Crippen LogP contribution in [0.3, 0.4) is 0 Å². The van der Waals surface area contributed by atoms with Gasteiger partial charge in [0, 0.05) is 25.0 Å². The number of rotatable bonds is 9. The summed E-state index contributed by atoms with van der Waals surface area (Å²) in [4.78, 5) is 50.9. The number of esters is 4. The molecule has 44 heavy (non-hydrogen) atoms. The van der Waals surface area contributed by atoms with Gasteiger partial charge in [0.1, 0.15) is 24.7 Å². The Morgan fingerprint density at radius 3 is 1.18 bits per heavy atom. The fourth-order valence-electron chi connectivity index (χ4n) is 4.77. The summed E-state index contributed by atoms with van der Waals surface area (Å²) >= 11 is 0. The van der Waals surface area contributed by atoms with Crippen LogP contribution >= 0.6 is 0 Å². The van der Waals surface area contributed by atoms with Crippen LogP contribution in [0.25, 0.3) is 11.1 Å². The van der Waals surface area contributed by atoms with E-state index < -0.39 is 23.9 Å². The number of ether oxygens (including phenoxy) is 4. The van der Waals surface area contributed by atoms with Crippen LogP contribution in [0.2, 0.25) is 0 Å². The van der Waals surface area contributed by atoms with Crippen molar-refractivity contribution in [3.8, 4) is 22.6 Å². The molecular formula is C36H34O8. The van der Waals surface area contributed by atoms with Crippen molar-refractivity contribution in [3.63, 3.8) is 0 Å². The lowest BCUT2D eigenvalue weighted by Gasteiger charge is -2.20. The van der Waals surface area contributed by atoms with E-state index in [-0.39, 0.29) is 35.8 Å². The molecule has 4 aromatic rings. The van der Waals surface area contributed by atoms with Gasteiger partial charge in [-0.3, -0.25) is 9.59 Å². The second-order valence-corrected chi connectivity index (χ2v) is 10.6. The minimum Gasteiger partial charge on any atom is -0.457 e. The van der Waals surface area contributed by atoms with Gasteiger partial charge < -0.3 is 18.9 Å². The highest BCUT2D eigenvalue weighted by Gasteiger charge is 2.26. The summed E-state index contributed by atoms with van der Waals surface area (Å²) in [5, 5.41) is 0. The monoisotopic (exact) mass is 594 g/mol. The van der Waals surface area contributed by atoms with Gasteiger partial charge in [0.25, 0.3) is 0 Å². The molecule has 0 saturated heterocycles. The van der Waals surface area contributed by atoms with Crippen LogP contribution in [0, 0.1) is 27.7 Å². The average molecular weight is 595 g/mol. The molecule has 226 valence electrons. The van der Waals surface area contributed by atoms with Crippen molar-refractivity contribution in [1.29, 1.82) is 0 Å². The molecule has 0 saturated carbocycles. The van der Waals surface area contributed by atoms with Gasteiger partial charge in [-0.05, 0) is 74.2 Å². The third kappa shape index (κ3) is 7.98. The minimum atomic E-state index is -0.680. The van der Waals surface area contributed by atoms with Crippen molar-refractivity contribution in [1.82, 2.24) is 0 Å². The fourth-order valence-corrected chi connectivity index (χ4v) is 4.77. The Morgan fingerprint density at radius 1 is 0.523 bits per heavy atom. The molecule has 8 nitrogen and oxygen atoms in total. The van der Waals surface area contributed by atoms with E-state index in [1.807, 2.05) is 62.4 Å². The normalized spacial score (nSPS) is 10.6. The predicted octanol–water partition coefficient (Wildman–Crippen LogP) is 7.15. The maximum Gasteiger partial charge on any atom is 0.339 e. The van der Waals surface area contributed by atoms with Crippen LogP contribution in [-0.4, -0.2) is 23.9 Å². The van der Waals surface area contributed by atoms with E-state index in [9.17, 15) is 19.2 Å². The summed E-state index contributed by atoms with van der Waals surface area (Å²) in [6.45, 7) is 9.93. The Balaban J connectivity index is 1.82. The van der Waals surface area contributed by atoms with Gasteiger partial charge in [-0.25, -0.2) is 9.59 Å². The molecule has 0 heterocycles. The SMILES string of the molecule is CC(=O)Oc1cc(C)c(-c2c(C)cc(OC(C)=O)cc2C(=O)OCc2ccc(C)cc2)c(C(=O)OCc2ccc(C)cc2)c1. The van der Waals surface area contributed by atoms with Gasteiger partial charge in [0.2, 0.25) is 0 Å². The highest BCUT2D eigenvalue weighted by atomic mass is 16.5. The molecule has 8 heteroatoms. The Labute approximate surface area is 256 Å². The highest BCUT2D eigenvalue weighted by Crippen LogP contribution is 2.39. The maximum absolute atomic E-state index is 13.7. The summed E-state index contributed by atoms with van der Waals surface area (Å²) in [6, 6.07) is 21.2. The molecule has 0 unspecified atom stereocenters. The first-order valence-electron chi connectivity index (χ1n) is 14.0. The lowest BCUT2D eigenvalue weighted by Crippen LogP contribution is -2.14. The Kier molecular flexibility index (Phi) is 9.95. The number of carbonyl (C=O) groups is 4. The molecule has 0 atom stereocenters. The molecule has 0 spiro atoms. The second kappa shape index (κ2) is 13.8. The molecule has 0 N–H and O–H groups in total. The first kappa shape index (κ1) is 31.7. The van der Waals surface area contributed by atoms with Crippen molar-refractivity contribution < 1.29 is 38.1 Å². The lowest BCUT2D eigenvalue weighted by molar-refractivity contribution is -0.132. The van der Waals surface area contributed by atoms with Crippen LogP contribution in [0.5, 0.6) is 11.5 Å². The Morgan fingerprint density at radius 2 is 0.864 bits per heavy atom. The van der Waals surface area contributed by atoms with E-state index in [4.69, 9.17) is 18.9 Å². The standard InChI is InChI=1S/C36H34O8/c1-21-7-11-27(12-8-21)19-41-35(39)31-17-29(43-25(5)37)15-23(3)33(31)34-24(4)16-30(44-26(6)38)18-32(34)36(40)42-20-28-13-9-22(2)10-14-28/h7-18H,19-20H2,1-6H3. The van der Waals surface area contributed by atoms with Crippen LogP contribution in [0.15, 0.2) is 72.8 Å². The molecule has 0 fully saturated rings. The Hall–Kier alpha value is -5.24. The summed E-state index contributed by atoms with van der Waals surface area (Å²) in [5.41, 5.74) is 5.77. The third-order valence-electron chi connectivity index (χ3n) is 6.81. The zero-order chi connectivity index (χ0) is 32.0. The third-order valence-corrected chi connectivity index (χ3v) is 6.81. The maximum atomic E-state index is 13.7. The van der Waals surface area contributed by atoms with Gasteiger partial charge in [0.15, 0.2) is 0 Å². The van der Waals surface area contributed by atoms with Crippen LogP contribution in [-0.2, 0) is 32.3 Å². The van der Waals surface area contributed by atoms with Gasteiger partial charge >= 0.3 is 23.9 Å². The van der Waals surface area contributed by atoms with Gasteiger partial charge in [-0.15, -0.1) is 0 Å². The van der Waals surface area contributed by atoms with E-state index in [1.54, 1.807) is 26.0 Å². The molecule has 0 aliphatic rings. The lowest BCUT2D eigenvalue weighted by atomic mass is 9.88. The zero-order valence-electron chi connectivity index (χ0n) is 25.6. The van der Waals surface area contributed by atoms with Crippen LogP contribution in [0.1, 0.15) is 67.9 Å². The summed E-state index contributed by atoms with van der Waals surface area (Å²) in [6.07, 6.45) is 0. The van der Waals surface area contributed by atoms with Crippen molar-refractivity contribution in [2.45, 2.75) is 54.8 Å². The topological polar surface area (TPSA) is 105 Å². The molecule has 4 aromatic carbocycles. The van der Waals surface area contributed by atoms with Crippen LogP contribution < -0.4 is 9.47 Å². The van der Waals surface area contributed by atoms with E-state index >= 15 is 0 Å². The van der Waals surface area contributed by atoms with Crippen molar-refractivity contribution in [3.05, 3.63) is 117 Å². The number of carbonyl (C=O) groups excluding carboxylic acids is 4. The van der Waals surface area contributed by atoms with Crippen LogP contribution in [0.4, 0.5) is 0 Å². The van der Waals surface area contributed by atoms with Crippen molar-refractivity contribution in [2.24, 2.45) is 0 Å². The summed E-state index contributed by atoms with van der Waals surface area (Å²) < 4.78 is 22.0. The van der Waals surface area contributed by atoms with Gasteiger partial charge in [-0.2, -0.15) is 0 Å². The molecule has 0 bridgehead atoms. The number of hydrogen-bond acceptors (Lipinski definition) is 8. The van der Waals surface area contributed by atoms with E-state index in [2.05, 4.69) is 0 Å². The van der Waals surface area contributed by atoms with Gasteiger partial charge in [-0.1, -0.05) is 59.7 Å². The summed E-state index contributed by atoms with van der Waals surface area (Å²) in [5.74, 6) is -2.17. The van der Waals surface area contributed by atoms with Gasteiger partial charge in [0.05, 0.1) is 11.1 Å². The molecule has 4 rings (SSSR count). The Bertz CT molecular complexity index is 1590. The predicted molar refractivity (Wildman–Crippen MR) is 165 cm³/mol. The molecular weight excluding hydrogens is 560 g/mol.